The monoisotopic (exact) mass is 563 g/mol. The van der Waals surface area contributed by atoms with Crippen molar-refractivity contribution in [2.24, 2.45) is 0 Å². The minimum Gasteiger partial charge on any atom is -0.494 e. The molecule has 1 saturated heterocycles. The minimum atomic E-state index is 0.477. The molecule has 1 aromatic heterocycles. The van der Waals surface area contributed by atoms with Crippen molar-refractivity contribution < 1.29 is 9.47 Å². The number of halogens is 3. The summed E-state index contributed by atoms with van der Waals surface area (Å²) in [6, 6.07) is 2.09. The molecule has 0 N–H and O–H groups in total. The summed E-state index contributed by atoms with van der Waals surface area (Å²) in [6.07, 6.45) is 3.38. The lowest BCUT2D eigenvalue weighted by Crippen LogP contribution is -2.46. The molecule has 0 aliphatic carbocycles. The minimum absolute atomic E-state index is 0.477. The Morgan fingerprint density at radius 1 is 1.00 bits per heavy atom. The van der Waals surface area contributed by atoms with E-state index in [-0.39, 0.29) is 0 Å². The van der Waals surface area contributed by atoms with Crippen LogP contribution in [0, 0.1) is 0 Å². The molecule has 0 bridgehead atoms. The van der Waals surface area contributed by atoms with Gasteiger partial charge in [-0.25, -0.2) is 0 Å². The van der Waals surface area contributed by atoms with Crippen LogP contribution in [0.15, 0.2) is 21.3 Å². The summed E-state index contributed by atoms with van der Waals surface area (Å²) >= 11 is 18.7. The van der Waals surface area contributed by atoms with Crippen LogP contribution in [0.25, 0.3) is 0 Å². The highest BCUT2D eigenvalue weighted by molar-refractivity contribution is 9.10. The molecule has 32 heavy (non-hydrogen) atoms. The molecule has 1 fully saturated rings. The summed E-state index contributed by atoms with van der Waals surface area (Å²) in [5.41, 5.74) is 1.79. The fourth-order valence-corrected chi connectivity index (χ4v) is 6.47. The first-order valence-electron chi connectivity index (χ1n) is 11.0. The predicted molar refractivity (Wildman–Crippen MR) is 141 cm³/mol. The second-order valence-electron chi connectivity index (χ2n) is 7.83. The van der Waals surface area contributed by atoms with Gasteiger partial charge in [-0.1, -0.05) is 36.5 Å². The molecule has 0 amide bonds. The molecule has 9 heteroatoms. The van der Waals surface area contributed by atoms with Crippen molar-refractivity contribution in [2.75, 3.05) is 64.9 Å². The number of ether oxygens (including phenoxy) is 2. The molecule has 0 radical (unpaired) electrons. The van der Waals surface area contributed by atoms with Crippen LogP contribution in [0.1, 0.15) is 26.2 Å². The number of unbranched alkanes of at least 4 members (excludes halogenated alkanes) is 2. The molecule has 178 valence electrons. The van der Waals surface area contributed by atoms with Crippen molar-refractivity contribution in [1.82, 2.24) is 9.80 Å². The smallest absolute Gasteiger partial charge is 0.157 e. The van der Waals surface area contributed by atoms with Gasteiger partial charge in [0.15, 0.2) is 11.5 Å². The number of thiophene rings is 1. The van der Waals surface area contributed by atoms with E-state index in [0.29, 0.717) is 26.0 Å². The first-order chi connectivity index (χ1) is 15.5. The SMILES string of the molecule is CCN1CCN(CCCCCN(c2ccsc2)c2c(Cl)c(OC)c(Br)c(OC)c2Cl)CC1. The van der Waals surface area contributed by atoms with E-state index in [0.717, 1.165) is 43.9 Å². The third kappa shape index (κ3) is 6.05. The Balaban J connectivity index is 1.68. The van der Waals surface area contributed by atoms with Crippen molar-refractivity contribution in [3.63, 3.8) is 0 Å². The number of hydrogen-bond acceptors (Lipinski definition) is 6. The number of likely N-dealkylation sites (N-methyl/N-ethyl adjacent to an activating group) is 1. The van der Waals surface area contributed by atoms with Crippen molar-refractivity contribution in [1.29, 1.82) is 0 Å². The maximum Gasteiger partial charge on any atom is 0.157 e. The van der Waals surface area contributed by atoms with E-state index >= 15 is 0 Å². The van der Waals surface area contributed by atoms with Crippen LogP contribution in [0.4, 0.5) is 11.4 Å². The van der Waals surface area contributed by atoms with Crippen molar-refractivity contribution in [3.05, 3.63) is 31.3 Å². The highest BCUT2D eigenvalue weighted by Crippen LogP contribution is 2.53. The van der Waals surface area contributed by atoms with Crippen LogP contribution in [0.5, 0.6) is 11.5 Å². The van der Waals surface area contributed by atoms with E-state index in [1.807, 2.05) is 0 Å². The van der Waals surface area contributed by atoms with Gasteiger partial charge >= 0.3 is 0 Å². The average Bonchev–Trinajstić information content (AvgIpc) is 3.33. The predicted octanol–water partition coefficient (Wildman–Crippen LogP) is 6.78. The quantitative estimate of drug-likeness (QED) is 0.280. The van der Waals surface area contributed by atoms with E-state index in [2.05, 4.69) is 54.4 Å². The fraction of sp³-hybridized carbons (Fsp3) is 0.565. The second kappa shape index (κ2) is 12.7. The molecule has 2 heterocycles. The molecule has 0 spiro atoms. The average molecular weight is 565 g/mol. The summed E-state index contributed by atoms with van der Waals surface area (Å²) < 4.78 is 11.7. The summed E-state index contributed by atoms with van der Waals surface area (Å²) in [6.45, 7) is 10.1. The first-order valence-corrected chi connectivity index (χ1v) is 13.5. The van der Waals surface area contributed by atoms with Gasteiger partial charge in [0.25, 0.3) is 0 Å². The van der Waals surface area contributed by atoms with E-state index in [9.17, 15) is 0 Å². The molecule has 1 aliphatic rings. The molecular weight excluding hydrogens is 533 g/mol. The Labute approximate surface area is 214 Å². The maximum atomic E-state index is 6.78. The normalized spacial score (nSPS) is 15.2. The van der Waals surface area contributed by atoms with Gasteiger partial charge < -0.3 is 24.2 Å². The maximum absolute atomic E-state index is 6.78. The molecule has 2 aromatic rings. The van der Waals surface area contributed by atoms with Crippen molar-refractivity contribution >= 4 is 61.8 Å². The number of rotatable bonds is 11. The highest BCUT2D eigenvalue weighted by atomic mass is 79.9. The third-order valence-electron chi connectivity index (χ3n) is 5.98. The highest BCUT2D eigenvalue weighted by Gasteiger charge is 2.27. The summed E-state index contributed by atoms with van der Waals surface area (Å²) in [7, 11) is 3.19. The topological polar surface area (TPSA) is 28.2 Å². The van der Waals surface area contributed by atoms with Gasteiger partial charge in [0, 0.05) is 38.1 Å². The zero-order valence-electron chi connectivity index (χ0n) is 19.0. The number of hydrogen-bond donors (Lipinski definition) is 0. The largest absolute Gasteiger partial charge is 0.494 e. The van der Waals surface area contributed by atoms with Crippen molar-refractivity contribution in [2.45, 2.75) is 26.2 Å². The second-order valence-corrected chi connectivity index (χ2v) is 10.2. The standard InChI is InChI=1S/C23H32BrCl2N3O2S/c1-4-27-11-13-28(14-12-27)9-6-5-7-10-29(17-8-15-32-16-17)21-19(25)22(30-2)18(24)23(31-3)20(21)26/h8,15-16H,4-7,9-14H2,1-3H3. The van der Waals surface area contributed by atoms with Crippen LogP contribution in [-0.4, -0.2) is 69.8 Å². The number of anilines is 2. The van der Waals surface area contributed by atoms with E-state index in [1.54, 1.807) is 25.6 Å². The lowest BCUT2D eigenvalue weighted by atomic mass is 10.1. The van der Waals surface area contributed by atoms with Crippen LogP contribution in [0.3, 0.4) is 0 Å². The molecule has 0 unspecified atom stereocenters. The van der Waals surface area contributed by atoms with Crippen LogP contribution < -0.4 is 14.4 Å². The molecule has 3 rings (SSSR count). The Kier molecular flexibility index (Phi) is 10.3. The number of benzene rings is 1. The van der Waals surface area contributed by atoms with E-state index in [1.165, 1.54) is 32.6 Å². The Morgan fingerprint density at radius 3 is 2.16 bits per heavy atom. The van der Waals surface area contributed by atoms with Gasteiger partial charge in [-0.05, 0) is 53.3 Å². The molecule has 0 atom stereocenters. The van der Waals surface area contributed by atoms with E-state index in [4.69, 9.17) is 32.7 Å². The molecular formula is C23H32BrCl2N3O2S. The van der Waals surface area contributed by atoms with Crippen LogP contribution >= 0.6 is 50.5 Å². The van der Waals surface area contributed by atoms with Gasteiger partial charge in [0.05, 0.1) is 25.6 Å². The van der Waals surface area contributed by atoms with E-state index < -0.39 is 0 Å². The summed E-state index contributed by atoms with van der Waals surface area (Å²) in [5.74, 6) is 1.05. The Morgan fingerprint density at radius 2 is 1.62 bits per heavy atom. The number of methoxy groups -OCH3 is 2. The molecule has 5 nitrogen and oxygen atoms in total. The Hall–Kier alpha value is -0.700. The van der Waals surface area contributed by atoms with Crippen LogP contribution in [0.2, 0.25) is 10.0 Å². The van der Waals surface area contributed by atoms with Crippen LogP contribution in [-0.2, 0) is 0 Å². The molecule has 0 saturated carbocycles. The third-order valence-corrected chi connectivity index (χ3v) is 8.07. The van der Waals surface area contributed by atoms with Crippen molar-refractivity contribution in [3.8, 4) is 11.5 Å². The first kappa shape index (κ1) is 25.9. The Bertz CT molecular complexity index is 830. The number of piperazine rings is 1. The van der Waals surface area contributed by atoms with Gasteiger partial charge in [0.2, 0.25) is 0 Å². The summed E-state index contributed by atoms with van der Waals surface area (Å²) in [5, 5.41) is 5.13. The van der Waals surface area contributed by atoms with Gasteiger partial charge in [0.1, 0.15) is 14.5 Å². The zero-order valence-corrected chi connectivity index (χ0v) is 22.9. The zero-order chi connectivity index (χ0) is 23.1. The number of nitrogens with zero attached hydrogens (tertiary/aromatic N) is 3. The molecule has 1 aromatic carbocycles. The summed E-state index contributed by atoms with van der Waals surface area (Å²) in [4.78, 5) is 7.28. The van der Waals surface area contributed by atoms with Gasteiger partial charge in [-0.15, -0.1) is 0 Å². The fourth-order valence-electron chi connectivity index (χ4n) is 4.09. The van der Waals surface area contributed by atoms with Gasteiger partial charge in [-0.2, -0.15) is 11.3 Å². The lowest BCUT2D eigenvalue weighted by molar-refractivity contribution is 0.135. The van der Waals surface area contributed by atoms with Gasteiger partial charge in [-0.3, -0.25) is 0 Å². The molecule has 1 aliphatic heterocycles. The lowest BCUT2D eigenvalue weighted by Gasteiger charge is -2.34.